The van der Waals surface area contributed by atoms with E-state index in [-0.39, 0.29) is 16.0 Å². The number of hydrogen-bond acceptors (Lipinski definition) is 5. The molecule has 2 atom stereocenters. The zero-order valence-corrected chi connectivity index (χ0v) is 16.8. The van der Waals surface area contributed by atoms with Gasteiger partial charge < -0.3 is 9.16 Å². The Kier molecular flexibility index (Phi) is 5.32. The molecule has 0 aliphatic carbocycles. The Morgan fingerprint density at radius 2 is 1.80 bits per heavy atom. The van der Waals surface area contributed by atoms with Crippen molar-refractivity contribution in [1.82, 2.24) is 4.31 Å². The van der Waals surface area contributed by atoms with Crippen molar-refractivity contribution >= 4 is 24.8 Å². The highest BCUT2D eigenvalue weighted by atomic mass is 32.3. The lowest BCUT2D eigenvalue weighted by Gasteiger charge is -2.37. The van der Waals surface area contributed by atoms with Crippen LogP contribution in [-0.4, -0.2) is 39.8 Å². The Morgan fingerprint density at radius 1 is 1.24 bits per heavy atom. The molecule has 0 saturated carbocycles. The van der Waals surface area contributed by atoms with E-state index in [9.17, 15) is 17.1 Å². The van der Waals surface area contributed by atoms with Gasteiger partial charge in [-0.25, -0.2) is 4.79 Å². The zero-order valence-electron chi connectivity index (χ0n) is 15.0. The van der Waals surface area contributed by atoms with E-state index in [1.165, 1.54) is 0 Å². The van der Waals surface area contributed by atoms with Crippen molar-refractivity contribution < 1.29 is 26.3 Å². The van der Waals surface area contributed by atoms with E-state index in [1.54, 1.807) is 30.3 Å². The second kappa shape index (κ2) is 6.69. The predicted molar refractivity (Wildman–Crippen MR) is 94.5 cm³/mol. The first-order valence-corrected chi connectivity index (χ1v) is 12.2. The number of carbonyl (C=O) groups excluding carboxylic acids is 1. The Morgan fingerprint density at radius 3 is 2.28 bits per heavy atom. The Hall–Kier alpha value is -1.45. The van der Waals surface area contributed by atoms with Crippen LogP contribution in [0, 0.1) is 0 Å². The first kappa shape index (κ1) is 19.9. The fraction of sp³-hybridized carbons (Fsp3) is 0.562. The summed E-state index contributed by atoms with van der Waals surface area (Å²) in [6, 6.07) is 7.29. The summed E-state index contributed by atoms with van der Waals surface area (Å²) in [5.41, 5.74) is 0.471. The molecule has 25 heavy (non-hydrogen) atoms. The van der Waals surface area contributed by atoms with Crippen LogP contribution in [0.2, 0.25) is 18.1 Å². The molecule has 2 rings (SSSR count). The number of ether oxygens (including phenoxy) is 1. The van der Waals surface area contributed by atoms with E-state index in [0.717, 1.165) is 0 Å². The molecule has 0 bridgehead atoms. The van der Waals surface area contributed by atoms with E-state index in [4.69, 9.17) is 9.16 Å². The number of carbonyl (C=O) groups is 1. The molecule has 1 fully saturated rings. The second-order valence-corrected chi connectivity index (χ2v) is 13.6. The molecular weight excluding hydrogens is 365 g/mol. The number of rotatable bonds is 5. The predicted octanol–water partition coefficient (Wildman–Crippen LogP) is 3.78. The number of hydrogen-bond donors (Lipinski definition) is 0. The Labute approximate surface area is 149 Å². The van der Waals surface area contributed by atoms with E-state index in [1.807, 2.05) is 13.1 Å². The number of halogens is 1. The van der Waals surface area contributed by atoms with Gasteiger partial charge in [0.2, 0.25) is 0 Å². The van der Waals surface area contributed by atoms with Gasteiger partial charge in [0.25, 0.3) is 0 Å². The number of nitrogens with zero attached hydrogens (tertiary/aromatic N) is 1. The number of cyclic esters (lactones) is 1. The maximum atomic E-state index is 13.7. The van der Waals surface area contributed by atoms with Gasteiger partial charge in [-0.3, -0.25) is 0 Å². The fourth-order valence-electron chi connectivity index (χ4n) is 2.37. The Balaban J connectivity index is 2.32. The molecule has 1 aliphatic rings. The first-order valence-electron chi connectivity index (χ1n) is 7.98. The lowest BCUT2D eigenvalue weighted by atomic mass is 10.0. The zero-order chi connectivity index (χ0) is 19.0. The van der Waals surface area contributed by atoms with E-state index in [0.29, 0.717) is 5.56 Å². The van der Waals surface area contributed by atoms with Crippen LogP contribution in [-0.2, 0) is 19.6 Å². The molecule has 9 heteroatoms. The van der Waals surface area contributed by atoms with Gasteiger partial charge in [-0.15, -0.1) is 0 Å². The minimum atomic E-state index is -5.25. The van der Waals surface area contributed by atoms with Crippen molar-refractivity contribution in [2.75, 3.05) is 6.61 Å². The van der Waals surface area contributed by atoms with Crippen molar-refractivity contribution in [3.63, 3.8) is 0 Å². The van der Waals surface area contributed by atoms with Gasteiger partial charge in [-0.05, 0) is 23.7 Å². The summed E-state index contributed by atoms with van der Waals surface area (Å²) in [5, 5.41) is -0.0658. The van der Waals surface area contributed by atoms with Crippen LogP contribution in [0.25, 0.3) is 0 Å². The molecule has 1 heterocycles. The fourth-order valence-corrected chi connectivity index (χ4v) is 4.13. The van der Waals surface area contributed by atoms with Crippen LogP contribution >= 0.6 is 0 Å². The highest BCUT2D eigenvalue weighted by molar-refractivity contribution is 7.84. The van der Waals surface area contributed by atoms with Crippen LogP contribution < -0.4 is 0 Å². The summed E-state index contributed by atoms with van der Waals surface area (Å²) in [7, 11) is -7.40. The van der Waals surface area contributed by atoms with Gasteiger partial charge in [-0.1, -0.05) is 55.0 Å². The lowest BCUT2D eigenvalue weighted by molar-refractivity contribution is 0.0865. The smallest absolute Gasteiger partial charge is 0.426 e. The van der Waals surface area contributed by atoms with Crippen molar-refractivity contribution in [2.45, 2.75) is 51.0 Å². The summed E-state index contributed by atoms with van der Waals surface area (Å²) in [5.74, 6) is 0. The number of amides is 1. The summed E-state index contributed by atoms with van der Waals surface area (Å²) < 4.78 is 48.0. The highest BCUT2D eigenvalue weighted by Gasteiger charge is 2.50. The minimum absolute atomic E-state index is 0.00775. The normalized spacial score (nSPS) is 22.2. The van der Waals surface area contributed by atoms with E-state index >= 15 is 0 Å². The van der Waals surface area contributed by atoms with Crippen molar-refractivity contribution in [2.24, 2.45) is 0 Å². The summed E-state index contributed by atoms with van der Waals surface area (Å²) in [6.07, 6.45) is -2.13. The molecule has 1 aromatic carbocycles. The van der Waals surface area contributed by atoms with Gasteiger partial charge in [-0.2, -0.15) is 12.7 Å². The third kappa shape index (κ3) is 4.21. The molecule has 1 aliphatic heterocycles. The maximum absolute atomic E-state index is 13.7. The standard InChI is InChI=1S/C16H24FNO5SSi/c1-16(2,3)25(4,5)22-11-13-14(12-9-7-6-8-10-12)18(15(19)23-13)24(17,20)21/h6-10,13-14H,11H2,1-5H3/t13-,14-/m0/s1. The van der Waals surface area contributed by atoms with Crippen LogP contribution in [0.3, 0.4) is 0 Å². The highest BCUT2D eigenvalue weighted by Crippen LogP contribution is 2.40. The molecule has 1 saturated heterocycles. The van der Waals surface area contributed by atoms with Crippen LogP contribution in [0.1, 0.15) is 32.4 Å². The largest absolute Gasteiger partial charge is 0.440 e. The average Bonchev–Trinajstić information content (AvgIpc) is 2.81. The summed E-state index contributed by atoms with van der Waals surface area (Å²) in [6.45, 7) is 10.3. The van der Waals surface area contributed by atoms with Crippen LogP contribution in [0.15, 0.2) is 30.3 Å². The molecule has 0 radical (unpaired) electrons. The number of benzene rings is 1. The van der Waals surface area contributed by atoms with E-state index in [2.05, 4.69) is 20.8 Å². The first-order chi connectivity index (χ1) is 11.3. The molecule has 1 aromatic rings. The van der Waals surface area contributed by atoms with Crippen molar-refractivity contribution in [3.8, 4) is 0 Å². The summed E-state index contributed by atoms with van der Waals surface area (Å²) in [4.78, 5) is 12.0. The molecule has 6 nitrogen and oxygen atoms in total. The average molecular weight is 390 g/mol. The van der Waals surface area contributed by atoms with Gasteiger partial charge in [0, 0.05) is 0 Å². The van der Waals surface area contributed by atoms with Gasteiger partial charge >= 0.3 is 16.5 Å². The van der Waals surface area contributed by atoms with Crippen molar-refractivity contribution in [3.05, 3.63) is 35.9 Å². The third-order valence-electron chi connectivity index (χ3n) is 4.83. The second-order valence-electron chi connectivity index (χ2n) is 7.59. The molecule has 0 N–H and O–H groups in total. The van der Waals surface area contributed by atoms with E-state index < -0.39 is 37.0 Å². The van der Waals surface area contributed by atoms with Gasteiger partial charge in [0.15, 0.2) is 14.4 Å². The molecule has 0 aromatic heterocycles. The molecule has 0 unspecified atom stereocenters. The monoisotopic (exact) mass is 389 g/mol. The SMILES string of the molecule is CC(C)(C)[Si](C)(C)OC[C@@H]1OC(=O)N(S(=O)(=O)F)[C@H]1c1ccccc1. The molecule has 140 valence electrons. The minimum Gasteiger partial charge on any atom is -0.440 e. The third-order valence-corrected chi connectivity index (χ3v) is 10.2. The summed E-state index contributed by atoms with van der Waals surface area (Å²) >= 11 is 0. The van der Waals surface area contributed by atoms with Gasteiger partial charge in [0.1, 0.15) is 6.04 Å². The van der Waals surface area contributed by atoms with Gasteiger partial charge in [0.05, 0.1) is 6.61 Å². The van der Waals surface area contributed by atoms with Crippen LogP contribution in [0.5, 0.6) is 0 Å². The Bertz CT molecular complexity index is 733. The maximum Gasteiger partial charge on any atom is 0.426 e. The quantitative estimate of drug-likeness (QED) is 0.566. The molecule has 0 spiro atoms. The topological polar surface area (TPSA) is 72.9 Å². The van der Waals surface area contributed by atoms with Crippen LogP contribution in [0.4, 0.5) is 8.68 Å². The van der Waals surface area contributed by atoms with Crippen molar-refractivity contribution in [1.29, 1.82) is 0 Å². The molecule has 1 amide bonds. The lowest BCUT2D eigenvalue weighted by Crippen LogP contribution is -2.43. The molecular formula is C16H24FNO5SSi.